The van der Waals surface area contributed by atoms with Crippen LogP contribution in [0.5, 0.6) is 0 Å². The van der Waals surface area contributed by atoms with Crippen molar-refractivity contribution < 1.29 is 23.1 Å². The molecule has 0 bridgehead atoms. The fourth-order valence-electron chi connectivity index (χ4n) is 2.89. The second-order valence-electron chi connectivity index (χ2n) is 5.62. The van der Waals surface area contributed by atoms with Crippen LogP contribution in [0.25, 0.3) is 0 Å². The molecule has 3 rings (SSSR count). The number of rotatable bonds is 2. The van der Waals surface area contributed by atoms with Crippen LogP contribution in [0, 0.1) is 6.92 Å². The molecule has 1 aliphatic carbocycles. The predicted molar refractivity (Wildman–Crippen MR) is 82.2 cm³/mol. The van der Waals surface area contributed by atoms with Gasteiger partial charge in [0.25, 0.3) is 10.0 Å². The number of aryl methyl sites for hydroxylation is 1. The van der Waals surface area contributed by atoms with Crippen LogP contribution in [0.4, 0.5) is 4.79 Å². The Morgan fingerprint density at radius 3 is 2.55 bits per heavy atom. The van der Waals surface area contributed by atoms with Gasteiger partial charge in [-0.3, -0.25) is 0 Å². The van der Waals surface area contributed by atoms with Crippen molar-refractivity contribution in [2.75, 3.05) is 0 Å². The van der Waals surface area contributed by atoms with Crippen LogP contribution in [0.1, 0.15) is 18.4 Å². The zero-order valence-corrected chi connectivity index (χ0v) is 14.2. The number of aliphatic hydroxyl groups excluding tert-OH is 1. The minimum atomic E-state index is -3.96. The van der Waals surface area contributed by atoms with Crippen molar-refractivity contribution in [3.63, 3.8) is 0 Å². The molecule has 2 fully saturated rings. The number of fused-ring (bicyclic) bond motifs is 1. The molecule has 1 amide bonds. The van der Waals surface area contributed by atoms with Gasteiger partial charge in [-0.05, 0) is 31.9 Å². The van der Waals surface area contributed by atoms with Gasteiger partial charge in [-0.15, -0.1) is 0 Å². The van der Waals surface area contributed by atoms with Crippen molar-refractivity contribution >= 4 is 32.0 Å². The van der Waals surface area contributed by atoms with E-state index in [-0.39, 0.29) is 4.90 Å². The van der Waals surface area contributed by atoms with Crippen LogP contribution < -0.4 is 0 Å². The number of halogens is 1. The average Bonchev–Trinajstić information content (AvgIpc) is 2.81. The van der Waals surface area contributed by atoms with Gasteiger partial charge in [0.05, 0.1) is 21.9 Å². The molecule has 1 aromatic carbocycles. The second kappa shape index (κ2) is 5.50. The first-order valence-corrected chi connectivity index (χ1v) is 9.32. The number of benzene rings is 1. The largest absolute Gasteiger partial charge is 0.442 e. The molecule has 120 valence electrons. The Labute approximate surface area is 137 Å². The molecule has 0 radical (unpaired) electrons. The number of aliphatic hydroxyl groups is 1. The first-order chi connectivity index (χ1) is 10.3. The minimum absolute atomic E-state index is 0.0629. The molecule has 8 heteroatoms. The number of hydrogen-bond donors (Lipinski definition) is 1. The number of sulfonamides is 1. The maximum absolute atomic E-state index is 12.7. The average molecular weight is 390 g/mol. The zero-order valence-electron chi connectivity index (χ0n) is 11.8. The van der Waals surface area contributed by atoms with Crippen molar-refractivity contribution in [3.05, 3.63) is 29.8 Å². The first kappa shape index (κ1) is 15.8. The van der Waals surface area contributed by atoms with E-state index in [0.717, 1.165) is 9.87 Å². The summed E-state index contributed by atoms with van der Waals surface area (Å²) in [5.41, 5.74) is 0.933. The quantitative estimate of drug-likeness (QED) is 0.779. The second-order valence-corrected chi connectivity index (χ2v) is 8.49. The summed E-state index contributed by atoms with van der Waals surface area (Å²) < 4.78 is 31.5. The van der Waals surface area contributed by atoms with E-state index in [2.05, 4.69) is 15.9 Å². The maximum Gasteiger partial charge on any atom is 0.424 e. The summed E-state index contributed by atoms with van der Waals surface area (Å²) in [6, 6.07) is 5.74. The summed E-state index contributed by atoms with van der Waals surface area (Å²) in [7, 11) is -3.96. The van der Waals surface area contributed by atoms with Gasteiger partial charge in [0.1, 0.15) is 6.10 Å². The highest BCUT2D eigenvalue weighted by Gasteiger charge is 2.54. The van der Waals surface area contributed by atoms with Gasteiger partial charge in [-0.1, -0.05) is 33.6 Å². The Bertz CT molecular complexity index is 690. The van der Waals surface area contributed by atoms with Crippen LogP contribution >= 0.6 is 15.9 Å². The van der Waals surface area contributed by atoms with Crippen molar-refractivity contribution in [1.29, 1.82) is 0 Å². The number of ether oxygens (including phenoxy) is 1. The third-order valence-corrected chi connectivity index (χ3v) is 7.05. The van der Waals surface area contributed by atoms with E-state index in [9.17, 15) is 18.3 Å². The normalized spacial score (nSPS) is 31.8. The van der Waals surface area contributed by atoms with E-state index in [1.54, 1.807) is 12.1 Å². The summed E-state index contributed by atoms with van der Waals surface area (Å²) >= 11 is 3.30. The molecule has 0 unspecified atom stereocenters. The van der Waals surface area contributed by atoms with E-state index in [1.807, 2.05) is 6.92 Å². The third kappa shape index (κ3) is 2.43. The predicted octanol–water partition coefficient (Wildman–Crippen LogP) is 1.79. The van der Waals surface area contributed by atoms with E-state index < -0.39 is 39.2 Å². The summed E-state index contributed by atoms with van der Waals surface area (Å²) in [4.78, 5) is 11.7. The lowest BCUT2D eigenvalue weighted by molar-refractivity contribution is 0.0506. The molecule has 22 heavy (non-hydrogen) atoms. The van der Waals surface area contributed by atoms with Crippen LogP contribution in [-0.2, 0) is 14.8 Å². The van der Waals surface area contributed by atoms with E-state index in [1.165, 1.54) is 12.1 Å². The topological polar surface area (TPSA) is 83.9 Å². The molecule has 1 aliphatic heterocycles. The molecule has 4 atom stereocenters. The molecule has 1 saturated carbocycles. The Morgan fingerprint density at radius 2 is 1.91 bits per heavy atom. The highest BCUT2D eigenvalue weighted by molar-refractivity contribution is 9.09. The van der Waals surface area contributed by atoms with Crippen molar-refractivity contribution in [2.24, 2.45) is 0 Å². The number of nitrogens with zero attached hydrogens (tertiary/aromatic N) is 1. The number of carbonyl (C=O) groups excluding carboxylic acids is 1. The van der Waals surface area contributed by atoms with Gasteiger partial charge in [0.2, 0.25) is 0 Å². The molecule has 0 aromatic heterocycles. The summed E-state index contributed by atoms with van der Waals surface area (Å²) in [5, 5.41) is 9.84. The van der Waals surface area contributed by atoms with Gasteiger partial charge in [-0.25, -0.2) is 13.2 Å². The Balaban J connectivity index is 1.97. The Kier molecular flexibility index (Phi) is 3.94. The fraction of sp³-hybridized carbons (Fsp3) is 0.500. The zero-order chi connectivity index (χ0) is 16.1. The van der Waals surface area contributed by atoms with Crippen LogP contribution in [-0.4, -0.2) is 47.0 Å². The fourth-order valence-corrected chi connectivity index (χ4v) is 5.15. The SMILES string of the molecule is Cc1ccc(S(=O)(=O)N2C(=O)O[C@@H]3[C@H](Br)[C@@H](O)CC[C@@H]32)cc1. The first-order valence-electron chi connectivity index (χ1n) is 6.96. The molecule has 1 saturated heterocycles. The van der Waals surface area contributed by atoms with E-state index in [0.29, 0.717) is 12.8 Å². The summed E-state index contributed by atoms with van der Waals surface area (Å²) in [6.45, 7) is 1.86. The monoisotopic (exact) mass is 389 g/mol. The molecule has 1 N–H and O–H groups in total. The maximum atomic E-state index is 12.7. The molecule has 1 heterocycles. The van der Waals surface area contributed by atoms with Crippen molar-refractivity contribution in [2.45, 2.75) is 47.7 Å². The third-order valence-electron chi connectivity index (χ3n) is 4.11. The Morgan fingerprint density at radius 1 is 1.27 bits per heavy atom. The highest BCUT2D eigenvalue weighted by atomic mass is 79.9. The lowest BCUT2D eigenvalue weighted by atomic mass is 9.91. The summed E-state index contributed by atoms with van der Waals surface area (Å²) in [6.07, 6.45) is -1.42. The lowest BCUT2D eigenvalue weighted by Crippen LogP contribution is -2.49. The smallest absolute Gasteiger partial charge is 0.424 e. The molecule has 6 nitrogen and oxygen atoms in total. The minimum Gasteiger partial charge on any atom is -0.442 e. The van der Waals surface area contributed by atoms with Gasteiger partial charge < -0.3 is 9.84 Å². The molecule has 2 aliphatic rings. The van der Waals surface area contributed by atoms with Crippen molar-refractivity contribution in [3.8, 4) is 0 Å². The Hall–Kier alpha value is -1.12. The van der Waals surface area contributed by atoms with Gasteiger partial charge in [-0.2, -0.15) is 4.31 Å². The molecular formula is C14H16BrNO5S. The number of alkyl halides is 1. The number of carbonyl (C=O) groups is 1. The van der Waals surface area contributed by atoms with Gasteiger partial charge in [0.15, 0.2) is 0 Å². The van der Waals surface area contributed by atoms with Gasteiger partial charge >= 0.3 is 6.09 Å². The van der Waals surface area contributed by atoms with Crippen LogP contribution in [0.15, 0.2) is 29.2 Å². The number of amides is 1. The van der Waals surface area contributed by atoms with Crippen LogP contribution in [0.2, 0.25) is 0 Å². The molecule has 1 aromatic rings. The van der Waals surface area contributed by atoms with E-state index in [4.69, 9.17) is 4.74 Å². The molecular weight excluding hydrogens is 374 g/mol. The van der Waals surface area contributed by atoms with Crippen LogP contribution in [0.3, 0.4) is 0 Å². The number of hydrogen-bond acceptors (Lipinski definition) is 5. The van der Waals surface area contributed by atoms with Crippen molar-refractivity contribution in [1.82, 2.24) is 4.31 Å². The van der Waals surface area contributed by atoms with E-state index >= 15 is 0 Å². The lowest BCUT2D eigenvalue weighted by Gasteiger charge is -2.33. The highest BCUT2D eigenvalue weighted by Crippen LogP contribution is 2.38. The van der Waals surface area contributed by atoms with Gasteiger partial charge in [0, 0.05) is 0 Å². The standard InChI is InChI=1S/C14H16BrNO5S/c1-8-2-4-9(5-3-8)22(19,20)16-10-6-7-11(17)12(15)13(10)21-14(16)18/h2-5,10-13,17H,6-7H2,1H3/t10-,11-,12+,13-/m0/s1. The summed E-state index contributed by atoms with van der Waals surface area (Å²) in [5.74, 6) is 0. The molecule has 0 spiro atoms.